The molecule has 40 heavy (non-hydrogen) atoms. The molecule has 3 aromatic carbocycles. The maximum atomic E-state index is 16.1. The molecule has 6 nitrogen and oxygen atoms in total. The summed E-state index contributed by atoms with van der Waals surface area (Å²) in [5, 5.41) is 2.12. The lowest BCUT2D eigenvalue weighted by Crippen LogP contribution is -2.29. The van der Waals surface area contributed by atoms with Crippen molar-refractivity contribution < 1.29 is 23.4 Å². The number of aryl methyl sites for hydroxylation is 1. The summed E-state index contributed by atoms with van der Waals surface area (Å²) in [5.41, 5.74) is 4.76. The molecule has 0 saturated carbocycles. The minimum Gasteiger partial charge on any atom is -0.493 e. The molecular weight excluding hydrogens is 507 g/mol. The van der Waals surface area contributed by atoms with Crippen LogP contribution in [0.1, 0.15) is 56.1 Å². The summed E-state index contributed by atoms with van der Waals surface area (Å²) in [6, 6.07) is 11.5. The van der Waals surface area contributed by atoms with E-state index in [1.165, 1.54) is 0 Å². The number of carbonyl (C=O) groups is 1. The molecule has 1 aromatic heterocycles. The van der Waals surface area contributed by atoms with Crippen molar-refractivity contribution in [3.8, 4) is 16.9 Å². The van der Waals surface area contributed by atoms with E-state index in [-0.39, 0.29) is 12.4 Å². The van der Waals surface area contributed by atoms with Crippen LogP contribution in [0.15, 0.2) is 42.6 Å². The van der Waals surface area contributed by atoms with E-state index >= 15 is 4.39 Å². The van der Waals surface area contributed by atoms with Crippen LogP contribution in [-0.2, 0) is 27.2 Å². The number of fused-ring (bicyclic) bond motifs is 1. The summed E-state index contributed by atoms with van der Waals surface area (Å²) < 4.78 is 34.0. The lowest BCUT2D eigenvalue weighted by molar-refractivity contribution is -0.166. The van der Waals surface area contributed by atoms with Gasteiger partial charge in [0.25, 0.3) is 0 Å². The Labute approximate surface area is 235 Å². The van der Waals surface area contributed by atoms with Crippen LogP contribution >= 0.6 is 0 Å². The summed E-state index contributed by atoms with van der Waals surface area (Å²) in [7, 11) is 3.83. The topological polar surface area (TPSA) is 60.9 Å². The quantitative estimate of drug-likeness (QED) is 0.236. The molecule has 1 aliphatic rings. The summed E-state index contributed by atoms with van der Waals surface area (Å²) >= 11 is 0. The van der Waals surface area contributed by atoms with Gasteiger partial charge in [-0.2, -0.15) is 0 Å². The Morgan fingerprint density at radius 3 is 2.62 bits per heavy atom. The smallest absolute Gasteiger partial charge is 0.339 e. The zero-order valence-electron chi connectivity index (χ0n) is 24.4. The molecule has 0 amide bonds. The third-order valence-corrected chi connectivity index (χ3v) is 7.14. The average molecular weight is 545 g/mol. The monoisotopic (exact) mass is 544 g/mol. The molecule has 7 heteroatoms. The van der Waals surface area contributed by atoms with Gasteiger partial charge in [-0.15, -0.1) is 0 Å². The summed E-state index contributed by atoms with van der Waals surface area (Å²) in [4.78, 5) is 20.2. The Kier molecular flexibility index (Phi) is 7.55. The summed E-state index contributed by atoms with van der Waals surface area (Å²) in [5.74, 6) is 0.0225. The number of hydrogen-bond donors (Lipinski definition) is 0. The number of ether oxygens (including phenoxy) is 3. The zero-order chi connectivity index (χ0) is 28.8. The van der Waals surface area contributed by atoms with E-state index < -0.39 is 17.7 Å². The Hall–Kier alpha value is -3.55. The largest absolute Gasteiger partial charge is 0.493 e. The summed E-state index contributed by atoms with van der Waals surface area (Å²) in [6.07, 6.45) is 1.56. The third-order valence-electron chi connectivity index (χ3n) is 7.14. The number of benzene rings is 3. The van der Waals surface area contributed by atoms with Gasteiger partial charge in [-0.25, -0.2) is 9.18 Å². The van der Waals surface area contributed by atoms with Gasteiger partial charge in [0.2, 0.25) is 0 Å². The maximum absolute atomic E-state index is 16.1. The molecule has 1 atom stereocenters. The molecule has 0 radical (unpaired) electrons. The molecule has 0 fully saturated rings. The zero-order valence-corrected chi connectivity index (χ0v) is 24.4. The van der Waals surface area contributed by atoms with Gasteiger partial charge < -0.3 is 19.1 Å². The van der Waals surface area contributed by atoms with Gasteiger partial charge in [0.05, 0.1) is 24.3 Å². The molecule has 0 N–H and O–H groups in total. The SMILES string of the molecule is CCOC(=O)C(OC(C)(C)C)c1c(C)cc2c(F)c(CN(C)C)ccc2c1-c1ccc2c3c(ccnc13)CCO2. The second kappa shape index (κ2) is 10.8. The van der Waals surface area contributed by atoms with E-state index in [1.807, 2.05) is 83.1 Å². The normalized spacial score (nSPS) is 14.0. The minimum absolute atomic E-state index is 0.215. The lowest BCUT2D eigenvalue weighted by Gasteiger charge is -2.30. The first-order valence-electron chi connectivity index (χ1n) is 13.8. The molecule has 2 heterocycles. The van der Waals surface area contributed by atoms with Crippen LogP contribution in [0.2, 0.25) is 0 Å². The minimum atomic E-state index is -1.02. The first-order valence-corrected chi connectivity index (χ1v) is 13.8. The Morgan fingerprint density at radius 2 is 1.93 bits per heavy atom. The van der Waals surface area contributed by atoms with Gasteiger partial charge in [0.15, 0.2) is 6.10 Å². The molecular formula is C33H37FN2O4. The van der Waals surface area contributed by atoms with Crippen molar-refractivity contribution in [1.82, 2.24) is 9.88 Å². The highest BCUT2D eigenvalue weighted by Crippen LogP contribution is 2.46. The molecule has 0 bridgehead atoms. The van der Waals surface area contributed by atoms with E-state index in [9.17, 15) is 4.79 Å². The highest BCUT2D eigenvalue weighted by Gasteiger charge is 2.34. The van der Waals surface area contributed by atoms with Crippen molar-refractivity contribution in [3.05, 3.63) is 70.7 Å². The average Bonchev–Trinajstić information content (AvgIpc) is 2.89. The molecule has 0 spiro atoms. The van der Waals surface area contributed by atoms with Crippen molar-refractivity contribution in [3.63, 3.8) is 0 Å². The van der Waals surface area contributed by atoms with Gasteiger partial charge in [-0.3, -0.25) is 4.98 Å². The van der Waals surface area contributed by atoms with E-state index in [4.69, 9.17) is 19.2 Å². The highest BCUT2D eigenvalue weighted by molar-refractivity contribution is 6.09. The number of esters is 1. The Bertz CT molecular complexity index is 1600. The first-order chi connectivity index (χ1) is 19.0. The van der Waals surface area contributed by atoms with Gasteiger partial charge in [-0.05, 0) is 95.1 Å². The highest BCUT2D eigenvalue weighted by atomic mass is 19.1. The van der Waals surface area contributed by atoms with Crippen LogP contribution < -0.4 is 4.74 Å². The molecule has 0 saturated heterocycles. The Morgan fingerprint density at radius 1 is 1.15 bits per heavy atom. The van der Waals surface area contributed by atoms with Crippen LogP contribution in [0.3, 0.4) is 0 Å². The number of hydrogen-bond acceptors (Lipinski definition) is 6. The van der Waals surface area contributed by atoms with Crippen molar-refractivity contribution in [2.75, 3.05) is 27.3 Å². The molecule has 1 unspecified atom stereocenters. The van der Waals surface area contributed by atoms with Crippen LogP contribution in [0, 0.1) is 12.7 Å². The molecule has 0 aliphatic carbocycles. The van der Waals surface area contributed by atoms with Crippen LogP contribution in [-0.4, -0.2) is 48.8 Å². The van der Waals surface area contributed by atoms with Crippen molar-refractivity contribution in [2.45, 2.75) is 59.3 Å². The van der Waals surface area contributed by atoms with E-state index in [0.29, 0.717) is 35.1 Å². The van der Waals surface area contributed by atoms with Crippen LogP contribution in [0.5, 0.6) is 5.75 Å². The second-order valence-corrected chi connectivity index (χ2v) is 11.6. The molecule has 210 valence electrons. The standard InChI is InChI=1S/C33H37FN2O4/c1-8-38-32(37)31(40-33(3,4)5)26-19(2)17-24-22(10-9-21(29(24)34)18-36(6)7)28(26)23-11-12-25-27-20(14-16-39-25)13-15-35-30(23)27/h9-13,15,17,31H,8,14,16,18H2,1-7H3. The number of rotatable bonds is 7. The molecule has 1 aliphatic heterocycles. The van der Waals surface area contributed by atoms with Gasteiger partial charge in [-0.1, -0.05) is 12.1 Å². The predicted octanol–water partition coefficient (Wildman–Crippen LogP) is 6.92. The number of halogens is 1. The fourth-order valence-corrected chi connectivity index (χ4v) is 5.62. The van der Waals surface area contributed by atoms with Crippen LogP contribution in [0.25, 0.3) is 32.8 Å². The van der Waals surface area contributed by atoms with Crippen LogP contribution in [0.4, 0.5) is 4.39 Å². The fraction of sp³-hybridized carbons (Fsp3) is 0.394. The number of pyridine rings is 1. The van der Waals surface area contributed by atoms with E-state index in [1.54, 1.807) is 13.1 Å². The summed E-state index contributed by atoms with van der Waals surface area (Å²) in [6.45, 7) is 10.7. The third kappa shape index (κ3) is 5.16. The first kappa shape index (κ1) is 28.0. The van der Waals surface area contributed by atoms with Crippen molar-refractivity contribution >= 4 is 27.6 Å². The molecule has 5 rings (SSSR count). The van der Waals surface area contributed by atoms with E-state index in [0.717, 1.165) is 45.3 Å². The fourth-order valence-electron chi connectivity index (χ4n) is 5.62. The number of nitrogens with zero attached hydrogens (tertiary/aromatic N) is 2. The maximum Gasteiger partial charge on any atom is 0.339 e. The van der Waals surface area contributed by atoms with Gasteiger partial charge in [0.1, 0.15) is 11.6 Å². The van der Waals surface area contributed by atoms with E-state index in [2.05, 4.69) is 0 Å². The number of carbonyl (C=O) groups excluding carboxylic acids is 1. The van der Waals surface area contributed by atoms with Crippen molar-refractivity contribution in [1.29, 1.82) is 0 Å². The predicted molar refractivity (Wildman–Crippen MR) is 156 cm³/mol. The Balaban J connectivity index is 1.90. The molecule has 4 aromatic rings. The van der Waals surface area contributed by atoms with Gasteiger partial charge in [0, 0.05) is 46.6 Å². The lowest BCUT2D eigenvalue weighted by atomic mass is 9.85. The van der Waals surface area contributed by atoms with Gasteiger partial charge >= 0.3 is 5.97 Å². The number of aromatic nitrogens is 1. The van der Waals surface area contributed by atoms with Crippen molar-refractivity contribution in [2.24, 2.45) is 0 Å². The second-order valence-electron chi connectivity index (χ2n) is 11.6.